The Morgan fingerprint density at radius 2 is 0.377 bits per heavy atom. The van der Waals surface area contributed by atoms with E-state index in [-0.39, 0.29) is 0 Å². The van der Waals surface area contributed by atoms with Gasteiger partial charge in [0.25, 0.3) is 0 Å². The van der Waals surface area contributed by atoms with E-state index in [9.17, 15) is 161 Å². The Balaban J connectivity index is 1.09. The van der Waals surface area contributed by atoms with Gasteiger partial charge in [-0.15, -0.1) is 0 Å². The highest BCUT2D eigenvalue weighted by Gasteiger charge is 2.55. The van der Waals surface area contributed by atoms with Crippen LogP contribution in [0.3, 0.4) is 0 Å². The first kappa shape index (κ1) is 84.8. The monoisotopic (exact) mass is 1700 g/mol. The highest BCUT2D eigenvalue weighted by molar-refractivity contribution is 6.00. The smallest absolute Gasteiger partial charge is 0.343 e. The normalized spacial score (nSPS) is 14.6. The maximum Gasteiger partial charge on any atom is 0.343 e. The second-order valence-electron chi connectivity index (χ2n) is 25.1. The molecule has 0 radical (unpaired) electrons. The van der Waals surface area contributed by atoms with E-state index < -0.39 is 325 Å². The molecule has 5 atom stereocenters. The molecule has 0 bridgehead atoms. The fraction of sp³-hybridized carbons (Fsp3) is 0.0789. The molecule has 1 aliphatic heterocycles. The molecule has 122 heavy (non-hydrogen) atoms. The van der Waals surface area contributed by atoms with Crippen molar-refractivity contribution in [2.45, 2.75) is 30.7 Å². The molecule has 1 fully saturated rings. The summed E-state index contributed by atoms with van der Waals surface area (Å²) in [5.74, 6) is -56.0. The van der Waals surface area contributed by atoms with Crippen LogP contribution in [-0.4, -0.2) is 225 Å². The lowest BCUT2D eigenvalue weighted by Crippen LogP contribution is -2.63. The zero-order valence-electron chi connectivity index (χ0n) is 59.9. The largest absolute Gasteiger partial charge is 0.504 e. The summed E-state index contributed by atoms with van der Waals surface area (Å²) in [5.41, 5.74) is -9.89. The van der Waals surface area contributed by atoms with Crippen molar-refractivity contribution in [1.82, 2.24) is 0 Å². The maximum absolute atomic E-state index is 15.3. The zero-order valence-corrected chi connectivity index (χ0v) is 59.9. The average Bonchev–Trinajstić information content (AvgIpc) is 0.764. The van der Waals surface area contributed by atoms with Crippen molar-refractivity contribution in [3.8, 4) is 172 Å². The van der Waals surface area contributed by atoms with Gasteiger partial charge in [-0.3, -0.25) is 0 Å². The molecule has 1 unspecified atom stereocenters. The number of rotatable bonds is 21. The number of hydrogen-bond donors (Lipinski definition) is 25. The molecule has 1 saturated heterocycles. The van der Waals surface area contributed by atoms with Gasteiger partial charge in [-0.25, -0.2) is 47.9 Å². The van der Waals surface area contributed by atoms with Gasteiger partial charge in [0.1, 0.15) is 12.7 Å². The fourth-order valence-electron chi connectivity index (χ4n) is 10.8. The van der Waals surface area contributed by atoms with Crippen LogP contribution in [0.5, 0.6) is 172 Å². The van der Waals surface area contributed by atoms with E-state index in [1.807, 2.05) is 0 Å². The van der Waals surface area contributed by atoms with Gasteiger partial charge in [-0.2, -0.15) is 0 Å². The van der Waals surface area contributed by atoms with Crippen molar-refractivity contribution in [1.29, 1.82) is 0 Å². The SMILES string of the molecule is O=C(OC[C@H]1OC(OC(=O)c2cc(O)c(O)c(OC(=O)c3cc(O)c(O)c(O)c3)c2)[C@H](OC(=O)c2cc(O)c(O)c(OC(=O)c3cc(O)c(O)c(O)c3)c2)[C@@H](OC(=O)c2cc(O)c(O)c(OC(=O)c3cc(O)c(O)c(O)c3)c2)[C@@H]1OC(=O)c1cc(O)c(O)c(OC(=O)c2cc(O)c(O)c(O)c2)c1)c1cc(O)c(O)c(OC(=O)c2cc(O)c(O)c(O)c2)c1. The second-order valence-corrected chi connectivity index (χ2v) is 25.1. The first-order valence-corrected chi connectivity index (χ1v) is 33.2. The number of phenolic OH excluding ortho intramolecular Hbond substituents is 25. The van der Waals surface area contributed by atoms with E-state index in [1.54, 1.807) is 0 Å². The van der Waals surface area contributed by atoms with Crippen molar-refractivity contribution < 1.29 is 228 Å². The predicted octanol–water partition coefficient (Wildman–Crippen LogP) is 4.84. The molecule has 0 amide bonds. The highest BCUT2D eigenvalue weighted by atomic mass is 16.8. The van der Waals surface area contributed by atoms with Gasteiger partial charge in [0.05, 0.1) is 55.6 Å². The van der Waals surface area contributed by atoms with Crippen LogP contribution in [0, 0.1) is 0 Å². The summed E-state index contributed by atoms with van der Waals surface area (Å²) in [6, 6.07) is 8.56. The Morgan fingerprint density at radius 3 is 0.598 bits per heavy atom. The average molecular weight is 1700 g/mol. The molecule has 0 saturated carbocycles. The molecule has 10 aromatic rings. The molecule has 1 heterocycles. The number of hydrogen-bond acceptors (Lipinski definition) is 46. The summed E-state index contributed by atoms with van der Waals surface area (Å²) in [5, 5.41) is 261. The quantitative estimate of drug-likeness (QED) is 0.0198. The number of aromatic hydroxyl groups is 25. The lowest BCUT2D eigenvalue weighted by atomic mass is 9.97. The predicted molar refractivity (Wildman–Crippen MR) is 383 cm³/mol. The number of esters is 10. The molecule has 25 N–H and O–H groups in total. The van der Waals surface area contributed by atoms with Crippen LogP contribution in [-0.2, 0) is 28.4 Å². The van der Waals surface area contributed by atoms with Crippen LogP contribution in [0.1, 0.15) is 104 Å². The van der Waals surface area contributed by atoms with Crippen LogP contribution >= 0.6 is 0 Å². The van der Waals surface area contributed by atoms with Crippen LogP contribution in [0.2, 0.25) is 0 Å². The Kier molecular flexibility index (Phi) is 23.2. The molecule has 0 spiro atoms. The summed E-state index contributed by atoms with van der Waals surface area (Å²) in [4.78, 5) is 142. The van der Waals surface area contributed by atoms with Crippen LogP contribution < -0.4 is 23.7 Å². The molecule has 0 aliphatic carbocycles. The first-order chi connectivity index (χ1) is 57.4. The van der Waals surface area contributed by atoms with E-state index in [4.69, 9.17) is 52.1 Å². The topological polar surface area (TPSA) is 778 Å². The molecular weight excluding hydrogens is 1650 g/mol. The standard InChI is InChI=1S/C76H52O46/c77-32-1-22(2-33(78)53(32)92)67(103)113-47-16-27(11-42(87)58(47)97)66(102)112-21-52-63(119-72(108)28-12-43(88)59(98)48(17-28)114-68(104)23-3-34(79)54(93)35(80)4-23)64(120-73(109)29-13-44(89)60(99)49(18-29)115-69(105)24-5-36(81)55(94)37(82)6-24)65(121-74(110)30-14-45(90)61(100)50(19-30)116-70(106)25-7-38(83)56(95)39(84)8-25)76(118-52)122-75(111)31-15-46(91)62(101)51(20-31)117-71(107)26-9-40(85)57(96)41(86)10-26/h1-20,52,63-65,76-101H,21H2/t52-,63-,64+,65-,76?/m1/s1. The van der Waals surface area contributed by atoms with Gasteiger partial charge in [0.2, 0.25) is 41.1 Å². The number of carbonyl (C=O) groups excluding carboxylic acids is 10. The van der Waals surface area contributed by atoms with Crippen LogP contribution in [0.4, 0.5) is 0 Å². The minimum Gasteiger partial charge on any atom is -0.504 e. The van der Waals surface area contributed by atoms with Crippen LogP contribution in [0.15, 0.2) is 121 Å². The summed E-state index contributed by atoms with van der Waals surface area (Å²) < 4.78 is 60.4. The van der Waals surface area contributed by atoms with Gasteiger partial charge in [-0.05, 0) is 121 Å². The fourth-order valence-corrected chi connectivity index (χ4v) is 10.8. The number of carbonyl (C=O) groups is 10. The molecule has 632 valence electrons. The molecule has 1 aliphatic rings. The third kappa shape index (κ3) is 17.6. The van der Waals surface area contributed by atoms with Crippen molar-refractivity contribution in [3.63, 3.8) is 0 Å². The molecule has 46 nitrogen and oxygen atoms in total. The Bertz CT molecular complexity index is 5970. The molecular formula is C76H52O46. The minimum absolute atomic E-state index is 0.295. The third-order valence-corrected chi connectivity index (χ3v) is 16.9. The number of benzene rings is 10. The van der Waals surface area contributed by atoms with Crippen LogP contribution in [0.25, 0.3) is 0 Å². The van der Waals surface area contributed by atoms with Crippen molar-refractivity contribution in [2.24, 2.45) is 0 Å². The van der Waals surface area contributed by atoms with E-state index in [2.05, 4.69) is 0 Å². The molecule has 11 rings (SSSR count). The first-order valence-electron chi connectivity index (χ1n) is 33.2. The Labute approximate surface area is 671 Å². The van der Waals surface area contributed by atoms with Gasteiger partial charge in [0.15, 0.2) is 156 Å². The van der Waals surface area contributed by atoms with E-state index >= 15 is 14.4 Å². The van der Waals surface area contributed by atoms with Crippen molar-refractivity contribution in [2.75, 3.05) is 6.61 Å². The zero-order chi connectivity index (χ0) is 89.4. The van der Waals surface area contributed by atoms with Gasteiger partial charge in [-0.1, -0.05) is 0 Å². The summed E-state index contributed by atoms with van der Waals surface area (Å²) in [7, 11) is 0. The van der Waals surface area contributed by atoms with Gasteiger partial charge < -0.3 is 180 Å². The number of ether oxygens (including phenoxy) is 11. The highest BCUT2D eigenvalue weighted by Crippen LogP contribution is 2.48. The molecule has 10 aromatic carbocycles. The summed E-state index contributed by atoms with van der Waals surface area (Å²) in [6.07, 6.45) is -15.1. The summed E-state index contributed by atoms with van der Waals surface area (Å²) >= 11 is 0. The Morgan fingerprint density at radius 1 is 0.205 bits per heavy atom. The second kappa shape index (κ2) is 33.4. The van der Waals surface area contributed by atoms with E-state index in [0.29, 0.717) is 121 Å². The lowest BCUT2D eigenvalue weighted by Gasteiger charge is -2.43. The molecule has 46 heteroatoms. The lowest BCUT2D eigenvalue weighted by molar-refractivity contribution is -0.282. The molecule has 0 aromatic heterocycles. The maximum atomic E-state index is 15.3. The summed E-state index contributed by atoms with van der Waals surface area (Å²) in [6.45, 7) is -1.71. The van der Waals surface area contributed by atoms with Crippen molar-refractivity contribution in [3.05, 3.63) is 177 Å². The van der Waals surface area contributed by atoms with Gasteiger partial charge in [0, 0.05) is 0 Å². The Hall–Kier alpha value is -18.1. The van der Waals surface area contributed by atoms with E-state index in [1.165, 1.54) is 0 Å². The minimum atomic E-state index is -3.12. The van der Waals surface area contributed by atoms with Gasteiger partial charge >= 0.3 is 59.7 Å². The third-order valence-electron chi connectivity index (χ3n) is 16.9. The van der Waals surface area contributed by atoms with E-state index in [0.717, 1.165) is 0 Å². The number of phenols is 25. The van der Waals surface area contributed by atoms with Crippen molar-refractivity contribution >= 4 is 59.7 Å².